The maximum Gasteiger partial charge on any atom is 0.411 e. The maximum atomic E-state index is 10.9. The Balaban J connectivity index is 3.47. The Bertz CT molecular complexity index is 270. The van der Waals surface area contributed by atoms with Crippen molar-refractivity contribution in [1.29, 1.82) is 0 Å². The van der Waals surface area contributed by atoms with Gasteiger partial charge in [0.05, 0.1) is 13.8 Å². The highest BCUT2D eigenvalue weighted by Crippen LogP contribution is 1.81. The topological polar surface area (TPSA) is 115 Å². The van der Waals surface area contributed by atoms with E-state index in [1.807, 2.05) is 0 Å². The molecule has 98 valence electrons. The summed E-state index contributed by atoms with van der Waals surface area (Å²) < 4.78 is 13.2. The van der Waals surface area contributed by atoms with Crippen LogP contribution in [0.1, 0.15) is 6.92 Å². The zero-order valence-corrected chi connectivity index (χ0v) is 9.57. The van der Waals surface area contributed by atoms with Crippen LogP contribution < -0.4 is 16.0 Å². The van der Waals surface area contributed by atoms with E-state index in [2.05, 4.69) is 30.2 Å². The lowest BCUT2D eigenvalue weighted by molar-refractivity contribution is 0.0245. The summed E-state index contributed by atoms with van der Waals surface area (Å²) in [5, 5.41) is 6.70. The summed E-state index contributed by atoms with van der Waals surface area (Å²) >= 11 is 0. The zero-order chi connectivity index (χ0) is 13.1. The molecule has 0 aromatic heterocycles. The Hall–Kier alpha value is -2.19. The fourth-order valence-electron chi connectivity index (χ4n) is 0.644. The molecule has 0 rings (SSSR count). The van der Waals surface area contributed by atoms with Crippen molar-refractivity contribution in [2.24, 2.45) is 0 Å². The molecule has 0 saturated heterocycles. The third-order valence-corrected chi connectivity index (χ3v) is 1.35. The Morgan fingerprint density at radius 3 is 2.00 bits per heavy atom. The minimum absolute atomic E-state index is 0.160. The third-order valence-electron chi connectivity index (χ3n) is 1.35. The predicted molar refractivity (Wildman–Crippen MR) is 55.0 cm³/mol. The quantitative estimate of drug-likeness (QED) is 0.578. The van der Waals surface area contributed by atoms with Gasteiger partial charge in [0.1, 0.15) is 0 Å². The van der Waals surface area contributed by atoms with Crippen molar-refractivity contribution in [3.63, 3.8) is 0 Å². The molecule has 0 heterocycles. The lowest BCUT2D eigenvalue weighted by Crippen LogP contribution is -2.38. The van der Waals surface area contributed by atoms with E-state index in [1.165, 1.54) is 7.11 Å². The van der Waals surface area contributed by atoms with Gasteiger partial charge in [-0.2, -0.15) is 0 Å². The van der Waals surface area contributed by atoms with E-state index in [0.717, 1.165) is 0 Å². The summed E-state index contributed by atoms with van der Waals surface area (Å²) in [6.45, 7) is 1.45. The molecule has 0 bridgehead atoms. The van der Waals surface area contributed by atoms with Crippen molar-refractivity contribution in [1.82, 2.24) is 16.0 Å². The first-order valence-corrected chi connectivity index (χ1v) is 4.73. The van der Waals surface area contributed by atoms with Crippen LogP contribution in [-0.4, -0.2) is 45.4 Å². The van der Waals surface area contributed by atoms with Crippen LogP contribution in [0.3, 0.4) is 0 Å². The van der Waals surface area contributed by atoms with Gasteiger partial charge in [-0.15, -0.1) is 0 Å². The minimum Gasteiger partial charge on any atom is -0.453 e. The summed E-state index contributed by atoms with van der Waals surface area (Å²) in [5.41, 5.74) is 0. The highest BCUT2D eigenvalue weighted by atomic mass is 16.7. The molecule has 3 N–H and O–H groups in total. The molecule has 0 aromatic carbocycles. The zero-order valence-electron chi connectivity index (χ0n) is 9.57. The van der Waals surface area contributed by atoms with Crippen LogP contribution in [0.4, 0.5) is 14.4 Å². The summed E-state index contributed by atoms with van der Waals surface area (Å²) in [7, 11) is 1.19. The molecule has 0 radical (unpaired) electrons. The molecule has 0 aliphatic carbocycles. The fraction of sp³-hybridized carbons (Fsp3) is 0.625. The van der Waals surface area contributed by atoms with Gasteiger partial charge < -0.3 is 30.2 Å². The van der Waals surface area contributed by atoms with Crippen molar-refractivity contribution in [2.45, 2.75) is 6.92 Å². The van der Waals surface area contributed by atoms with Gasteiger partial charge in [-0.25, -0.2) is 14.4 Å². The Kier molecular flexibility index (Phi) is 7.90. The fourth-order valence-corrected chi connectivity index (χ4v) is 0.644. The van der Waals surface area contributed by atoms with Crippen molar-refractivity contribution in [3.8, 4) is 0 Å². The second-order valence-electron chi connectivity index (χ2n) is 2.53. The van der Waals surface area contributed by atoms with E-state index < -0.39 is 25.1 Å². The smallest absolute Gasteiger partial charge is 0.411 e. The van der Waals surface area contributed by atoms with Gasteiger partial charge in [0, 0.05) is 6.54 Å². The van der Waals surface area contributed by atoms with Crippen LogP contribution in [0.5, 0.6) is 0 Å². The first-order chi connectivity index (χ1) is 8.10. The van der Waals surface area contributed by atoms with Crippen molar-refractivity contribution in [3.05, 3.63) is 0 Å². The number of hydrogen-bond acceptors (Lipinski definition) is 6. The van der Waals surface area contributed by atoms with Gasteiger partial charge in [-0.1, -0.05) is 0 Å². The van der Waals surface area contributed by atoms with Crippen LogP contribution in [0.25, 0.3) is 0 Å². The Morgan fingerprint density at radius 2 is 1.47 bits per heavy atom. The molecule has 0 atom stereocenters. The Morgan fingerprint density at radius 1 is 0.941 bits per heavy atom. The highest BCUT2D eigenvalue weighted by Gasteiger charge is 2.04. The van der Waals surface area contributed by atoms with Crippen molar-refractivity contribution < 1.29 is 28.6 Å². The van der Waals surface area contributed by atoms with Crippen molar-refractivity contribution in [2.75, 3.05) is 27.1 Å². The number of amides is 3. The standard InChI is InChI=1S/C8H15N3O6/c1-3-9-7(13)16-5-17-8(14)11-4-10-6(12)15-2/h3-5H2,1-2H3,(H,9,13)(H,10,12)(H,11,14). The monoisotopic (exact) mass is 249 g/mol. The SMILES string of the molecule is CCNC(=O)OCOC(=O)NCNC(=O)OC. The van der Waals surface area contributed by atoms with Crippen LogP contribution in [0, 0.1) is 0 Å². The summed E-state index contributed by atoms with van der Waals surface area (Å²) in [6, 6.07) is 0. The van der Waals surface area contributed by atoms with Gasteiger partial charge in [0.25, 0.3) is 0 Å². The summed E-state index contributed by atoms with van der Waals surface area (Å²) in [6.07, 6.45) is -2.22. The Labute approximate surface area is 97.8 Å². The van der Waals surface area contributed by atoms with Gasteiger partial charge in [-0.05, 0) is 6.92 Å². The maximum absolute atomic E-state index is 10.9. The molecular weight excluding hydrogens is 234 g/mol. The summed E-state index contributed by atoms with van der Waals surface area (Å²) in [5.74, 6) is 0. The molecule has 0 aromatic rings. The molecule has 17 heavy (non-hydrogen) atoms. The predicted octanol–water partition coefficient (Wildman–Crippen LogP) is -0.270. The van der Waals surface area contributed by atoms with E-state index in [-0.39, 0.29) is 6.67 Å². The average molecular weight is 249 g/mol. The van der Waals surface area contributed by atoms with E-state index >= 15 is 0 Å². The molecule has 0 aliphatic heterocycles. The van der Waals surface area contributed by atoms with Gasteiger partial charge >= 0.3 is 18.3 Å². The van der Waals surface area contributed by atoms with Crippen LogP contribution in [-0.2, 0) is 14.2 Å². The first kappa shape index (κ1) is 14.8. The molecule has 0 aliphatic rings. The largest absolute Gasteiger partial charge is 0.453 e. The molecule has 9 nitrogen and oxygen atoms in total. The number of nitrogens with one attached hydrogen (secondary N) is 3. The molecule has 0 spiro atoms. The number of carbonyl (C=O) groups excluding carboxylic acids is 3. The van der Waals surface area contributed by atoms with Crippen LogP contribution in [0.2, 0.25) is 0 Å². The normalized spacial score (nSPS) is 8.82. The second-order valence-corrected chi connectivity index (χ2v) is 2.53. The molecule has 0 unspecified atom stereocenters. The minimum atomic E-state index is -0.842. The number of ether oxygens (including phenoxy) is 3. The molecule has 3 amide bonds. The van der Waals surface area contributed by atoms with Gasteiger partial charge in [-0.3, -0.25) is 0 Å². The lowest BCUT2D eigenvalue weighted by Gasteiger charge is -2.08. The molecule has 0 fully saturated rings. The van der Waals surface area contributed by atoms with E-state index in [0.29, 0.717) is 6.54 Å². The molecule has 0 saturated carbocycles. The number of alkyl carbamates (subject to hydrolysis) is 3. The first-order valence-electron chi connectivity index (χ1n) is 4.73. The van der Waals surface area contributed by atoms with Crippen LogP contribution >= 0.6 is 0 Å². The summed E-state index contributed by atoms with van der Waals surface area (Å²) in [4.78, 5) is 32.2. The lowest BCUT2D eigenvalue weighted by atomic mass is 10.8. The van der Waals surface area contributed by atoms with E-state index in [9.17, 15) is 14.4 Å². The second kappa shape index (κ2) is 9.07. The van der Waals surface area contributed by atoms with Gasteiger partial charge in [0.2, 0.25) is 6.79 Å². The number of hydrogen-bond donors (Lipinski definition) is 3. The van der Waals surface area contributed by atoms with Crippen LogP contribution in [0.15, 0.2) is 0 Å². The average Bonchev–Trinajstić information content (AvgIpc) is 2.29. The highest BCUT2D eigenvalue weighted by molar-refractivity contribution is 5.70. The van der Waals surface area contributed by atoms with E-state index in [4.69, 9.17) is 0 Å². The van der Waals surface area contributed by atoms with E-state index in [1.54, 1.807) is 6.92 Å². The number of rotatable bonds is 5. The van der Waals surface area contributed by atoms with Gasteiger partial charge in [0.15, 0.2) is 0 Å². The number of carbonyl (C=O) groups is 3. The third kappa shape index (κ3) is 8.78. The van der Waals surface area contributed by atoms with Crippen molar-refractivity contribution >= 4 is 18.3 Å². The number of methoxy groups -OCH3 is 1. The molecular formula is C8H15N3O6. The molecule has 9 heteroatoms.